The second kappa shape index (κ2) is 8.62. The highest BCUT2D eigenvalue weighted by Gasteiger charge is 2.50. The Morgan fingerprint density at radius 1 is 0.561 bits per heavy atom. The van der Waals surface area contributed by atoms with Gasteiger partial charge in [0.1, 0.15) is 0 Å². The lowest BCUT2D eigenvalue weighted by atomic mass is 9.67. The molecule has 2 aliphatic rings. The van der Waals surface area contributed by atoms with Crippen molar-refractivity contribution in [2.75, 3.05) is 0 Å². The molecule has 6 aromatic carbocycles. The van der Waals surface area contributed by atoms with Crippen molar-refractivity contribution < 1.29 is 0 Å². The molecule has 4 heteroatoms. The lowest BCUT2D eigenvalue weighted by Crippen LogP contribution is -2.32. The third-order valence-electron chi connectivity index (χ3n) is 8.77. The van der Waals surface area contributed by atoms with Crippen LogP contribution >= 0.6 is 39.3 Å². The van der Waals surface area contributed by atoms with E-state index >= 15 is 0 Å². The number of benzene rings is 6. The minimum Gasteiger partial charge on any atom is -0.309 e. The van der Waals surface area contributed by atoms with Gasteiger partial charge in [0.15, 0.2) is 0 Å². The van der Waals surface area contributed by atoms with E-state index < -0.39 is 5.41 Å². The highest BCUT2D eigenvalue weighted by atomic mass is 79.9. The van der Waals surface area contributed by atoms with Crippen LogP contribution in [0.5, 0.6) is 0 Å². The summed E-state index contributed by atoms with van der Waals surface area (Å²) >= 11 is 12.2. The summed E-state index contributed by atoms with van der Waals surface area (Å²) < 4.78 is 3.47. The minimum atomic E-state index is -0.423. The van der Waals surface area contributed by atoms with Gasteiger partial charge in [-0.3, -0.25) is 0 Å². The van der Waals surface area contributed by atoms with Gasteiger partial charge in [0.05, 0.1) is 16.4 Å². The molecular weight excluding hydrogens is 606 g/mol. The van der Waals surface area contributed by atoms with Crippen molar-refractivity contribution in [1.29, 1.82) is 0 Å². The van der Waals surface area contributed by atoms with Gasteiger partial charge in [-0.05, 0) is 81.9 Å². The lowest BCUT2D eigenvalue weighted by molar-refractivity contribution is 0.723. The van der Waals surface area contributed by atoms with E-state index in [2.05, 4.69) is 142 Å². The fourth-order valence-electron chi connectivity index (χ4n) is 7.22. The van der Waals surface area contributed by atoms with Gasteiger partial charge >= 0.3 is 0 Å². The van der Waals surface area contributed by atoms with E-state index in [4.69, 9.17) is 11.6 Å². The van der Waals surface area contributed by atoms with E-state index in [0.717, 1.165) is 20.7 Å². The van der Waals surface area contributed by atoms with Gasteiger partial charge in [-0.15, -0.1) is 0 Å². The van der Waals surface area contributed by atoms with Crippen LogP contribution in [0.1, 0.15) is 22.3 Å². The van der Waals surface area contributed by atoms with Crippen LogP contribution in [-0.2, 0) is 5.41 Å². The zero-order valence-corrected chi connectivity index (χ0v) is 24.9. The SMILES string of the molecule is Clc1ccc2c3cc4c(cc3n(-c3ccccc3)c2c1)C1(c2ccc(Br)cc2S4)c2ccccc2-c2ccccc21. The first-order valence-corrected chi connectivity index (χ1v) is 15.6. The fraction of sp³-hybridized carbons (Fsp3) is 0.0270. The summed E-state index contributed by atoms with van der Waals surface area (Å²) in [6.07, 6.45) is 0. The molecule has 7 aromatic rings. The minimum absolute atomic E-state index is 0.423. The predicted octanol–water partition coefficient (Wildman–Crippen LogP) is 11.0. The van der Waals surface area contributed by atoms with Crippen molar-refractivity contribution >= 4 is 61.1 Å². The van der Waals surface area contributed by atoms with Crippen LogP contribution in [0.3, 0.4) is 0 Å². The molecule has 9 rings (SSSR count). The van der Waals surface area contributed by atoms with E-state index in [-0.39, 0.29) is 0 Å². The molecular formula is C37H21BrClNS. The van der Waals surface area contributed by atoms with Crippen LogP contribution < -0.4 is 0 Å². The van der Waals surface area contributed by atoms with Gasteiger partial charge in [-0.2, -0.15) is 0 Å². The molecule has 0 saturated heterocycles. The topological polar surface area (TPSA) is 4.93 Å². The molecule has 1 nitrogen and oxygen atoms in total. The number of nitrogens with zero attached hydrogens (tertiary/aromatic N) is 1. The summed E-state index contributed by atoms with van der Waals surface area (Å²) in [5, 5.41) is 3.18. The zero-order valence-electron chi connectivity index (χ0n) is 21.7. The Bertz CT molecular complexity index is 2170. The number of hydrogen-bond donors (Lipinski definition) is 0. The molecule has 1 aliphatic heterocycles. The zero-order chi connectivity index (χ0) is 27.3. The molecule has 194 valence electrons. The first-order chi connectivity index (χ1) is 20.1. The Hall–Kier alpha value is -3.76. The van der Waals surface area contributed by atoms with Gasteiger partial charge in [0, 0.05) is 35.7 Å². The third kappa shape index (κ3) is 3.14. The molecule has 0 atom stereocenters. The highest BCUT2D eigenvalue weighted by Crippen LogP contribution is 2.63. The Labute approximate surface area is 255 Å². The molecule has 0 fully saturated rings. The molecule has 0 amide bonds. The third-order valence-corrected chi connectivity index (χ3v) is 10.6. The Morgan fingerprint density at radius 2 is 1.22 bits per heavy atom. The summed E-state index contributed by atoms with van der Waals surface area (Å²) in [6.45, 7) is 0. The molecule has 0 radical (unpaired) electrons. The van der Waals surface area contributed by atoms with Crippen LogP contribution in [0.25, 0.3) is 38.6 Å². The normalized spacial score (nSPS) is 14.2. The second-order valence-corrected chi connectivity index (χ2v) is 13.2. The van der Waals surface area contributed by atoms with Crippen molar-refractivity contribution in [2.24, 2.45) is 0 Å². The van der Waals surface area contributed by atoms with E-state index in [0.29, 0.717) is 0 Å². The monoisotopic (exact) mass is 625 g/mol. The maximum Gasteiger partial charge on any atom is 0.0736 e. The van der Waals surface area contributed by atoms with Crippen molar-refractivity contribution in [3.63, 3.8) is 0 Å². The van der Waals surface area contributed by atoms with E-state index in [1.807, 2.05) is 17.8 Å². The van der Waals surface area contributed by atoms with Crippen molar-refractivity contribution in [3.05, 3.63) is 159 Å². The number of aromatic nitrogens is 1. The van der Waals surface area contributed by atoms with Gasteiger partial charge in [-0.1, -0.05) is 118 Å². The van der Waals surface area contributed by atoms with Crippen molar-refractivity contribution in [3.8, 4) is 16.8 Å². The lowest BCUT2D eigenvalue weighted by Gasteiger charge is -2.40. The molecule has 0 unspecified atom stereocenters. The predicted molar refractivity (Wildman–Crippen MR) is 175 cm³/mol. The van der Waals surface area contributed by atoms with Crippen LogP contribution in [0.4, 0.5) is 0 Å². The van der Waals surface area contributed by atoms with Crippen molar-refractivity contribution in [1.82, 2.24) is 4.57 Å². The first kappa shape index (κ1) is 23.9. The van der Waals surface area contributed by atoms with E-state index in [9.17, 15) is 0 Å². The second-order valence-electron chi connectivity index (χ2n) is 10.8. The summed E-state index contributed by atoms with van der Waals surface area (Å²) in [7, 11) is 0. The van der Waals surface area contributed by atoms with Crippen LogP contribution in [0, 0.1) is 0 Å². The van der Waals surface area contributed by atoms with Crippen molar-refractivity contribution in [2.45, 2.75) is 15.2 Å². The molecule has 1 spiro atoms. The summed E-state index contributed by atoms with van der Waals surface area (Å²) in [5.74, 6) is 0. The maximum atomic E-state index is 6.60. The molecule has 0 saturated carbocycles. The Balaban J connectivity index is 1.49. The number of halogens is 2. The van der Waals surface area contributed by atoms with Crippen LogP contribution in [0.2, 0.25) is 5.02 Å². The quantitative estimate of drug-likeness (QED) is 0.175. The van der Waals surface area contributed by atoms with Gasteiger partial charge in [0.2, 0.25) is 0 Å². The molecule has 41 heavy (non-hydrogen) atoms. The highest BCUT2D eigenvalue weighted by molar-refractivity contribution is 9.10. The summed E-state index contributed by atoms with van der Waals surface area (Å²) in [6, 6.07) is 46.5. The van der Waals surface area contributed by atoms with E-state index in [1.54, 1.807) is 0 Å². The largest absolute Gasteiger partial charge is 0.309 e. The Kier molecular flexibility index (Phi) is 5.03. The smallest absolute Gasteiger partial charge is 0.0736 e. The summed E-state index contributed by atoms with van der Waals surface area (Å²) in [4.78, 5) is 2.57. The van der Waals surface area contributed by atoms with E-state index in [1.165, 1.54) is 59.5 Å². The molecule has 2 heterocycles. The Morgan fingerprint density at radius 3 is 1.98 bits per heavy atom. The molecule has 0 N–H and O–H groups in total. The fourth-order valence-corrected chi connectivity index (χ4v) is 9.15. The molecule has 1 aliphatic carbocycles. The maximum absolute atomic E-state index is 6.60. The summed E-state index contributed by atoms with van der Waals surface area (Å²) in [5.41, 5.74) is 11.0. The van der Waals surface area contributed by atoms with Gasteiger partial charge < -0.3 is 4.57 Å². The number of rotatable bonds is 1. The van der Waals surface area contributed by atoms with Gasteiger partial charge in [-0.25, -0.2) is 0 Å². The van der Waals surface area contributed by atoms with Crippen LogP contribution in [0.15, 0.2) is 142 Å². The number of fused-ring (bicyclic) bond motifs is 12. The molecule has 1 aromatic heterocycles. The first-order valence-electron chi connectivity index (χ1n) is 13.7. The van der Waals surface area contributed by atoms with Gasteiger partial charge in [0.25, 0.3) is 0 Å². The average molecular weight is 627 g/mol. The average Bonchev–Trinajstić information content (AvgIpc) is 3.47. The number of hydrogen-bond acceptors (Lipinski definition) is 1. The standard InChI is InChI=1S/C37H21BrClNS/c38-22-14-17-31-35(18-22)41-36-20-28-27-16-15-23(39)19-33(27)40(24-8-2-1-3-9-24)34(28)21-32(36)37(31)29-12-6-4-10-25(29)26-11-5-7-13-30(26)37/h1-21H. The number of para-hydroxylation sites is 1. The molecule has 0 bridgehead atoms. The van der Waals surface area contributed by atoms with Crippen LogP contribution in [-0.4, -0.2) is 4.57 Å².